The first-order chi connectivity index (χ1) is 9.78. The number of carbonyl (C=O) groups excluding carboxylic acids is 1. The Morgan fingerprint density at radius 2 is 2.20 bits per heavy atom. The standard InChI is InChI=1S/C17H22N2O/c1-2-12-6-5-7-13(10-12)19-17(20)15-11-18-16-9-4-3-8-14(15)16/h3-4,8-9,11-13,18H,2,5-7,10H2,1H3,(H,19,20). The molecule has 1 saturated carbocycles. The van der Waals surface area contributed by atoms with Crippen molar-refractivity contribution in [3.8, 4) is 0 Å². The molecule has 20 heavy (non-hydrogen) atoms. The predicted octanol–water partition coefficient (Wildman–Crippen LogP) is 3.87. The molecule has 1 heterocycles. The van der Waals surface area contributed by atoms with E-state index in [1.807, 2.05) is 30.5 Å². The third-order valence-electron chi connectivity index (χ3n) is 4.53. The maximum atomic E-state index is 12.5. The maximum absolute atomic E-state index is 12.5. The van der Waals surface area contributed by atoms with Crippen LogP contribution in [0.25, 0.3) is 10.9 Å². The molecule has 1 aromatic carbocycles. The lowest BCUT2D eigenvalue weighted by molar-refractivity contribution is 0.0921. The molecule has 0 bridgehead atoms. The summed E-state index contributed by atoms with van der Waals surface area (Å²) in [7, 11) is 0. The second kappa shape index (κ2) is 5.70. The summed E-state index contributed by atoms with van der Waals surface area (Å²) >= 11 is 0. The van der Waals surface area contributed by atoms with Crippen molar-refractivity contribution >= 4 is 16.8 Å². The average molecular weight is 270 g/mol. The van der Waals surface area contributed by atoms with Crippen LogP contribution in [0.15, 0.2) is 30.5 Å². The highest BCUT2D eigenvalue weighted by Crippen LogP contribution is 2.27. The molecule has 2 atom stereocenters. The molecule has 2 aromatic rings. The lowest BCUT2D eigenvalue weighted by Gasteiger charge is -2.29. The van der Waals surface area contributed by atoms with Gasteiger partial charge in [-0.3, -0.25) is 4.79 Å². The van der Waals surface area contributed by atoms with Crippen molar-refractivity contribution in [3.05, 3.63) is 36.0 Å². The highest BCUT2D eigenvalue weighted by molar-refractivity contribution is 6.06. The summed E-state index contributed by atoms with van der Waals surface area (Å²) in [5.41, 5.74) is 1.78. The fourth-order valence-electron chi connectivity index (χ4n) is 3.32. The molecule has 1 amide bonds. The van der Waals surface area contributed by atoms with E-state index in [4.69, 9.17) is 0 Å². The lowest BCUT2D eigenvalue weighted by Crippen LogP contribution is -2.38. The molecule has 0 spiro atoms. The minimum absolute atomic E-state index is 0.0594. The Hall–Kier alpha value is -1.77. The van der Waals surface area contributed by atoms with E-state index in [-0.39, 0.29) is 5.91 Å². The molecule has 3 nitrogen and oxygen atoms in total. The highest BCUT2D eigenvalue weighted by atomic mass is 16.1. The second-order valence-electron chi connectivity index (χ2n) is 5.86. The number of hydrogen-bond acceptors (Lipinski definition) is 1. The molecular weight excluding hydrogens is 248 g/mol. The van der Waals surface area contributed by atoms with Gasteiger partial charge in [0, 0.05) is 23.1 Å². The number of amides is 1. The normalized spacial score (nSPS) is 22.9. The molecule has 3 rings (SSSR count). The first-order valence-corrected chi connectivity index (χ1v) is 7.65. The summed E-state index contributed by atoms with van der Waals surface area (Å²) in [5, 5.41) is 4.23. The molecule has 0 saturated heterocycles. The lowest BCUT2D eigenvalue weighted by atomic mass is 9.84. The van der Waals surface area contributed by atoms with E-state index < -0.39 is 0 Å². The molecular formula is C17H22N2O. The third kappa shape index (κ3) is 2.58. The minimum Gasteiger partial charge on any atom is -0.360 e. The van der Waals surface area contributed by atoms with Crippen LogP contribution in [0.5, 0.6) is 0 Å². The zero-order chi connectivity index (χ0) is 13.9. The largest absolute Gasteiger partial charge is 0.360 e. The van der Waals surface area contributed by atoms with Gasteiger partial charge >= 0.3 is 0 Å². The van der Waals surface area contributed by atoms with Gasteiger partial charge in [0.25, 0.3) is 5.91 Å². The van der Waals surface area contributed by atoms with Gasteiger partial charge in [-0.1, -0.05) is 44.4 Å². The molecule has 1 aliphatic carbocycles. The first-order valence-electron chi connectivity index (χ1n) is 7.65. The van der Waals surface area contributed by atoms with Gasteiger partial charge in [-0.15, -0.1) is 0 Å². The van der Waals surface area contributed by atoms with Crippen LogP contribution in [-0.2, 0) is 0 Å². The number of fused-ring (bicyclic) bond motifs is 1. The second-order valence-corrected chi connectivity index (χ2v) is 5.86. The molecule has 0 aliphatic heterocycles. The van der Waals surface area contributed by atoms with E-state index in [0.717, 1.165) is 35.2 Å². The number of rotatable bonds is 3. The van der Waals surface area contributed by atoms with Crippen molar-refractivity contribution in [2.24, 2.45) is 5.92 Å². The molecule has 3 heteroatoms. The monoisotopic (exact) mass is 270 g/mol. The van der Waals surface area contributed by atoms with Gasteiger partial charge in [-0.05, 0) is 24.8 Å². The van der Waals surface area contributed by atoms with Crippen LogP contribution in [0.3, 0.4) is 0 Å². The predicted molar refractivity (Wildman–Crippen MR) is 81.8 cm³/mol. The highest BCUT2D eigenvalue weighted by Gasteiger charge is 2.23. The summed E-state index contributed by atoms with van der Waals surface area (Å²) in [4.78, 5) is 15.6. The Bertz CT molecular complexity index is 602. The Balaban J connectivity index is 1.73. The summed E-state index contributed by atoms with van der Waals surface area (Å²) in [6, 6.07) is 8.29. The van der Waals surface area contributed by atoms with Gasteiger partial charge in [0.1, 0.15) is 0 Å². The fourth-order valence-corrected chi connectivity index (χ4v) is 3.32. The van der Waals surface area contributed by atoms with Crippen LogP contribution in [0.1, 0.15) is 49.4 Å². The van der Waals surface area contributed by atoms with E-state index in [0.29, 0.717) is 6.04 Å². The topological polar surface area (TPSA) is 44.9 Å². The van der Waals surface area contributed by atoms with Gasteiger partial charge in [0.2, 0.25) is 0 Å². The Labute approximate surface area is 119 Å². The number of benzene rings is 1. The van der Waals surface area contributed by atoms with Crippen LogP contribution < -0.4 is 5.32 Å². The number of nitrogens with one attached hydrogen (secondary N) is 2. The van der Waals surface area contributed by atoms with Crippen molar-refractivity contribution in [3.63, 3.8) is 0 Å². The van der Waals surface area contributed by atoms with E-state index in [2.05, 4.69) is 17.2 Å². The van der Waals surface area contributed by atoms with Gasteiger partial charge < -0.3 is 10.3 Å². The number of hydrogen-bond donors (Lipinski definition) is 2. The Morgan fingerprint density at radius 3 is 3.05 bits per heavy atom. The minimum atomic E-state index is 0.0594. The van der Waals surface area contributed by atoms with E-state index >= 15 is 0 Å². The van der Waals surface area contributed by atoms with Crippen LogP contribution in [0.4, 0.5) is 0 Å². The Morgan fingerprint density at radius 1 is 1.35 bits per heavy atom. The number of carbonyl (C=O) groups is 1. The van der Waals surface area contributed by atoms with E-state index in [1.54, 1.807) is 0 Å². The molecule has 2 N–H and O–H groups in total. The van der Waals surface area contributed by atoms with Crippen LogP contribution in [0, 0.1) is 5.92 Å². The number of aromatic nitrogens is 1. The smallest absolute Gasteiger partial charge is 0.253 e. The summed E-state index contributed by atoms with van der Waals surface area (Å²) in [6.07, 6.45) is 7.84. The first kappa shape index (κ1) is 13.2. The number of H-pyrrole nitrogens is 1. The summed E-state index contributed by atoms with van der Waals surface area (Å²) in [5.74, 6) is 0.834. The van der Waals surface area contributed by atoms with Crippen molar-refractivity contribution < 1.29 is 4.79 Å². The zero-order valence-corrected chi connectivity index (χ0v) is 12.0. The van der Waals surface area contributed by atoms with Gasteiger partial charge in [-0.25, -0.2) is 0 Å². The molecule has 0 radical (unpaired) electrons. The third-order valence-corrected chi connectivity index (χ3v) is 4.53. The van der Waals surface area contributed by atoms with Crippen LogP contribution in [0.2, 0.25) is 0 Å². The van der Waals surface area contributed by atoms with E-state index in [9.17, 15) is 4.79 Å². The van der Waals surface area contributed by atoms with Crippen molar-refractivity contribution in [2.75, 3.05) is 0 Å². The van der Waals surface area contributed by atoms with Crippen molar-refractivity contribution in [1.29, 1.82) is 0 Å². The molecule has 2 unspecified atom stereocenters. The molecule has 1 aliphatic rings. The number of aromatic amines is 1. The number of para-hydroxylation sites is 1. The van der Waals surface area contributed by atoms with Crippen molar-refractivity contribution in [2.45, 2.75) is 45.1 Å². The molecule has 1 fully saturated rings. The molecule has 106 valence electrons. The van der Waals surface area contributed by atoms with E-state index in [1.165, 1.54) is 19.3 Å². The van der Waals surface area contributed by atoms with Crippen LogP contribution >= 0.6 is 0 Å². The SMILES string of the molecule is CCC1CCCC(NC(=O)c2c[nH]c3ccccc23)C1. The maximum Gasteiger partial charge on any atom is 0.253 e. The van der Waals surface area contributed by atoms with Gasteiger partial charge in [0.05, 0.1) is 5.56 Å². The average Bonchev–Trinajstić information content (AvgIpc) is 2.91. The quantitative estimate of drug-likeness (QED) is 0.873. The summed E-state index contributed by atoms with van der Waals surface area (Å²) < 4.78 is 0. The van der Waals surface area contributed by atoms with Crippen molar-refractivity contribution in [1.82, 2.24) is 10.3 Å². The Kier molecular flexibility index (Phi) is 3.77. The van der Waals surface area contributed by atoms with Gasteiger partial charge in [-0.2, -0.15) is 0 Å². The fraction of sp³-hybridized carbons (Fsp3) is 0.471. The molecule has 1 aromatic heterocycles. The summed E-state index contributed by atoms with van der Waals surface area (Å²) in [6.45, 7) is 2.24. The zero-order valence-electron chi connectivity index (χ0n) is 12.0. The van der Waals surface area contributed by atoms with Crippen LogP contribution in [-0.4, -0.2) is 16.9 Å². The van der Waals surface area contributed by atoms with Gasteiger partial charge in [0.15, 0.2) is 0 Å².